The number of carbonyl (C=O) groups excluding carboxylic acids is 1. The number of rotatable bonds is 6. The van der Waals surface area contributed by atoms with Crippen LogP contribution in [0.15, 0.2) is 18.5 Å². The lowest BCUT2D eigenvalue weighted by Crippen LogP contribution is -2.34. The summed E-state index contributed by atoms with van der Waals surface area (Å²) in [6, 6.07) is 1.76. The standard InChI is InChI=1S/C16H27N3O/c1-6-8-18-14-11-17-9-7-13(14)15(20)19-10-12(2)16(3,4)5/h7,9,11-12,18H,6,8,10H2,1-5H3,(H,19,20). The van der Waals surface area contributed by atoms with Gasteiger partial charge in [-0.15, -0.1) is 0 Å². The number of hydrogen-bond donors (Lipinski definition) is 2. The van der Waals surface area contributed by atoms with Gasteiger partial charge in [0.25, 0.3) is 5.91 Å². The number of nitrogens with zero attached hydrogens (tertiary/aromatic N) is 1. The van der Waals surface area contributed by atoms with Crippen LogP contribution in [0.5, 0.6) is 0 Å². The van der Waals surface area contributed by atoms with Gasteiger partial charge in [-0.1, -0.05) is 34.6 Å². The van der Waals surface area contributed by atoms with Crippen LogP contribution in [0.3, 0.4) is 0 Å². The van der Waals surface area contributed by atoms with Gasteiger partial charge in [-0.05, 0) is 23.8 Å². The van der Waals surface area contributed by atoms with Crippen LogP contribution in [0.2, 0.25) is 0 Å². The van der Waals surface area contributed by atoms with Crippen molar-refractivity contribution in [3.05, 3.63) is 24.0 Å². The molecular formula is C16H27N3O. The van der Waals surface area contributed by atoms with Crippen molar-refractivity contribution in [3.63, 3.8) is 0 Å². The number of pyridine rings is 1. The minimum absolute atomic E-state index is 0.0397. The van der Waals surface area contributed by atoms with Gasteiger partial charge in [-0.2, -0.15) is 0 Å². The highest BCUT2D eigenvalue weighted by Crippen LogP contribution is 2.24. The average Bonchev–Trinajstić information content (AvgIpc) is 2.41. The summed E-state index contributed by atoms with van der Waals surface area (Å²) in [5, 5.41) is 6.25. The highest BCUT2D eigenvalue weighted by molar-refractivity contribution is 5.99. The second-order valence-corrected chi connectivity index (χ2v) is 6.33. The van der Waals surface area contributed by atoms with Gasteiger partial charge in [0.1, 0.15) is 0 Å². The lowest BCUT2D eigenvalue weighted by molar-refractivity contribution is 0.0938. The van der Waals surface area contributed by atoms with Gasteiger partial charge < -0.3 is 10.6 Å². The van der Waals surface area contributed by atoms with Crippen LogP contribution in [0.4, 0.5) is 5.69 Å². The fraction of sp³-hybridized carbons (Fsp3) is 0.625. The fourth-order valence-electron chi connectivity index (χ4n) is 1.64. The van der Waals surface area contributed by atoms with Gasteiger partial charge in [0.05, 0.1) is 17.4 Å². The Morgan fingerprint density at radius 2 is 2.10 bits per heavy atom. The van der Waals surface area contributed by atoms with E-state index in [1.165, 1.54) is 0 Å². The zero-order chi connectivity index (χ0) is 15.2. The first kappa shape index (κ1) is 16.5. The van der Waals surface area contributed by atoms with Crippen LogP contribution in [-0.4, -0.2) is 24.0 Å². The molecule has 0 aliphatic carbocycles. The number of anilines is 1. The summed E-state index contributed by atoms with van der Waals surface area (Å²) in [4.78, 5) is 16.4. The van der Waals surface area contributed by atoms with Gasteiger partial charge >= 0.3 is 0 Å². The normalized spacial score (nSPS) is 12.8. The molecule has 1 aromatic rings. The van der Waals surface area contributed by atoms with Crippen LogP contribution < -0.4 is 10.6 Å². The van der Waals surface area contributed by atoms with Gasteiger partial charge in [-0.25, -0.2) is 0 Å². The molecule has 0 aliphatic heterocycles. The van der Waals surface area contributed by atoms with Crippen molar-refractivity contribution in [3.8, 4) is 0 Å². The van der Waals surface area contributed by atoms with Crippen LogP contribution >= 0.6 is 0 Å². The molecule has 0 spiro atoms. The fourth-order valence-corrected chi connectivity index (χ4v) is 1.64. The molecule has 4 heteroatoms. The van der Waals surface area contributed by atoms with Gasteiger partial charge in [0, 0.05) is 19.3 Å². The molecule has 0 aromatic carbocycles. The van der Waals surface area contributed by atoms with E-state index >= 15 is 0 Å². The Hall–Kier alpha value is -1.58. The summed E-state index contributed by atoms with van der Waals surface area (Å²) in [5.74, 6) is 0.377. The Balaban J connectivity index is 2.68. The number of aromatic nitrogens is 1. The van der Waals surface area contributed by atoms with E-state index in [0.29, 0.717) is 18.0 Å². The summed E-state index contributed by atoms with van der Waals surface area (Å²) in [6.45, 7) is 12.3. The highest BCUT2D eigenvalue weighted by Gasteiger charge is 2.21. The predicted octanol–water partition coefficient (Wildman–Crippen LogP) is 3.32. The summed E-state index contributed by atoms with van der Waals surface area (Å²) >= 11 is 0. The maximum Gasteiger partial charge on any atom is 0.253 e. The van der Waals surface area contributed by atoms with Crippen LogP contribution in [0.25, 0.3) is 0 Å². The smallest absolute Gasteiger partial charge is 0.253 e. The molecule has 112 valence electrons. The molecule has 1 aromatic heterocycles. The van der Waals surface area contributed by atoms with Gasteiger partial charge in [0.2, 0.25) is 0 Å². The zero-order valence-electron chi connectivity index (χ0n) is 13.3. The molecule has 1 atom stereocenters. The minimum atomic E-state index is -0.0397. The molecule has 1 rings (SSSR count). The Labute approximate surface area is 122 Å². The first-order valence-electron chi connectivity index (χ1n) is 7.32. The van der Waals surface area contributed by atoms with E-state index in [0.717, 1.165) is 18.7 Å². The molecule has 2 N–H and O–H groups in total. The minimum Gasteiger partial charge on any atom is -0.383 e. The zero-order valence-corrected chi connectivity index (χ0v) is 13.3. The molecule has 0 aliphatic rings. The third-order valence-corrected chi connectivity index (χ3v) is 3.68. The van der Waals surface area contributed by atoms with Crippen molar-refractivity contribution in [2.45, 2.75) is 41.0 Å². The number of amides is 1. The largest absolute Gasteiger partial charge is 0.383 e. The molecule has 20 heavy (non-hydrogen) atoms. The average molecular weight is 277 g/mol. The summed E-state index contributed by atoms with van der Waals surface area (Å²) in [7, 11) is 0. The van der Waals surface area contributed by atoms with E-state index in [9.17, 15) is 4.79 Å². The molecule has 0 radical (unpaired) electrons. The summed E-state index contributed by atoms with van der Waals surface area (Å²) in [6.07, 6.45) is 4.37. The Bertz CT molecular complexity index is 438. The van der Waals surface area contributed by atoms with E-state index in [-0.39, 0.29) is 11.3 Å². The second-order valence-electron chi connectivity index (χ2n) is 6.33. The molecule has 0 bridgehead atoms. The molecule has 0 saturated carbocycles. The molecule has 1 unspecified atom stereocenters. The van der Waals surface area contributed by atoms with Crippen molar-refractivity contribution in [2.24, 2.45) is 11.3 Å². The van der Waals surface area contributed by atoms with Crippen molar-refractivity contribution in [2.75, 3.05) is 18.4 Å². The highest BCUT2D eigenvalue weighted by atomic mass is 16.1. The first-order valence-corrected chi connectivity index (χ1v) is 7.32. The van der Waals surface area contributed by atoms with E-state index in [2.05, 4.69) is 50.2 Å². The van der Waals surface area contributed by atoms with E-state index < -0.39 is 0 Å². The number of carbonyl (C=O) groups is 1. The topological polar surface area (TPSA) is 54.0 Å². The summed E-state index contributed by atoms with van der Waals surface area (Å²) < 4.78 is 0. The maximum absolute atomic E-state index is 12.3. The second kappa shape index (κ2) is 7.27. The van der Waals surface area contributed by atoms with Crippen LogP contribution in [0, 0.1) is 11.3 Å². The van der Waals surface area contributed by atoms with E-state index in [1.54, 1.807) is 18.5 Å². The van der Waals surface area contributed by atoms with Crippen molar-refractivity contribution < 1.29 is 4.79 Å². The molecule has 1 amide bonds. The predicted molar refractivity (Wildman–Crippen MR) is 84.0 cm³/mol. The van der Waals surface area contributed by atoms with Gasteiger partial charge in [0.15, 0.2) is 0 Å². The molecule has 1 heterocycles. The summed E-state index contributed by atoms with van der Waals surface area (Å²) in [5.41, 5.74) is 1.65. The number of hydrogen-bond acceptors (Lipinski definition) is 3. The monoisotopic (exact) mass is 277 g/mol. The third kappa shape index (κ3) is 4.83. The van der Waals surface area contributed by atoms with E-state index in [4.69, 9.17) is 0 Å². The van der Waals surface area contributed by atoms with Crippen LogP contribution in [-0.2, 0) is 0 Å². The molecule has 0 saturated heterocycles. The maximum atomic E-state index is 12.3. The van der Waals surface area contributed by atoms with Crippen molar-refractivity contribution in [1.82, 2.24) is 10.3 Å². The van der Waals surface area contributed by atoms with Crippen molar-refractivity contribution >= 4 is 11.6 Å². The van der Waals surface area contributed by atoms with Crippen LogP contribution in [0.1, 0.15) is 51.4 Å². The Kier molecular flexibility index (Phi) is 5.99. The molecular weight excluding hydrogens is 250 g/mol. The van der Waals surface area contributed by atoms with Crippen molar-refractivity contribution in [1.29, 1.82) is 0 Å². The SMILES string of the molecule is CCCNc1cnccc1C(=O)NCC(C)C(C)(C)C. The number of nitrogens with one attached hydrogen (secondary N) is 2. The lowest BCUT2D eigenvalue weighted by Gasteiger charge is -2.27. The Morgan fingerprint density at radius 1 is 1.40 bits per heavy atom. The molecule has 4 nitrogen and oxygen atoms in total. The van der Waals surface area contributed by atoms with Gasteiger partial charge in [-0.3, -0.25) is 9.78 Å². The third-order valence-electron chi connectivity index (χ3n) is 3.68. The quantitative estimate of drug-likeness (QED) is 0.838. The molecule has 0 fully saturated rings. The Morgan fingerprint density at radius 3 is 2.70 bits per heavy atom. The lowest BCUT2D eigenvalue weighted by atomic mass is 9.82. The van der Waals surface area contributed by atoms with E-state index in [1.807, 2.05) is 0 Å². The first-order chi connectivity index (χ1) is 9.36.